The molecule has 5 heteroatoms. The van der Waals surface area contributed by atoms with E-state index in [0.29, 0.717) is 6.42 Å². The molecule has 0 fully saturated rings. The second-order valence-corrected chi connectivity index (χ2v) is 4.11. The van der Waals surface area contributed by atoms with Gasteiger partial charge in [0.15, 0.2) is 5.78 Å². The van der Waals surface area contributed by atoms with E-state index in [9.17, 15) is 14.0 Å². The summed E-state index contributed by atoms with van der Waals surface area (Å²) in [6.45, 7) is 3.58. The first kappa shape index (κ1) is 14.6. The molecular formula is C13H14ClFO3. The highest BCUT2D eigenvalue weighted by atomic mass is 35.5. The van der Waals surface area contributed by atoms with Gasteiger partial charge in [0.2, 0.25) is 0 Å². The molecule has 0 saturated heterocycles. The molecule has 0 bridgehead atoms. The van der Waals surface area contributed by atoms with Crippen LogP contribution in [0, 0.1) is 11.7 Å². The van der Waals surface area contributed by atoms with Gasteiger partial charge in [-0.2, -0.15) is 0 Å². The van der Waals surface area contributed by atoms with Crippen LogP contribution < -0.4 is 0 Å². The molecule has 0 unspecified atom stereocenters. The van der Waals surface area contributed by atoms with Crippen LogP contribution in [0.5, 0.6) is 0 Å². The fraction of sp³-hybridized carbons (Fsp3) is 0.385. The third kappa shape index (κ3) is 3.29. The molecule has 0 aliphatic heterocycles. The van der Waals surface area contributed by atoms with Gasteiger partial charge in [-0.1, -0.05) is 18.5 Å². The molecule has 0 aromatic heterocycles. The minimum Gasteiger partial charge on any atom is -0.465 e. The van der Waals surface area contributed by atoms with Gasteiger partial charge in [-0.05, 0) is 31.5 Å². The molecule has 98 valence electrons. The highest BCUT2D eigenvalue weighted by Gasteiger charge is 2.28. The number of hydrogen-bond acceptors (Lipinski definition) is 3. The number of ketones is 1. The molecule has 0 amide bonds. The van der Waals surface area contributed by atoms with Crippen LogP contribution in [0.4, 0.5) is 4.39 Å². The summed E-state index contributed by atoms with van der Waals surface area (Å²) in [5.74, 6) is -2.44. The standard InChI is InChI=1S/C13H14ClFO3/c1-3-9(13(17)18-4-2)12(16)10-6-5-8(15)7-11(10)14/h5-7,9H,3-4H2,1-2H3/t9-/m0/s1. The number of carbonyl (C=O) groups excluding carboxylic acids is 2. The monoisotopic (exact) mass is 272 g/mol. The molecule has 1 aromatic rings. The van der Waals surface area contributed by atoms with E-state index in [4.69, 9.17) is 16.3 Å². The number of Topliss-reactive ketones (excluding diaryl/α,β-unsaturated/α-hetero) is 1. The smallest absolute Gasteiger partial charge is 0.316 e. The summed E-state index contributed by atoms with van der Waals surface area (Å²) in [4.78, 5) is 23.7. The molecule has 3 nitrogen and oxygen atoms in total. The molecule has 0 radical (unpaired) electrons. The first-order chi connectivity index (χ1) is 8.51. The van der Waals surface area contributed by atoms with E-state index in [1.54, 1.807) is 13.8 Å². The minimum absolute atomic E-state index is 0.00254. The van der Waals surface area contributed by atoms with E-state index < -0.39 is 23.5 Å². The van der Waals surface area contributed by atoms with Crippen molar-refractivity contribution in [2.75, 3.05) is 6.61 Å². The van der Waals surface area contributed by atoms with Gasteiger partial charge in [0, 0.05) is 5.56 Å². The van der Waals surface area contributed by atoms with Crippen molar-refractivity contribution in [3.05, 3.63) is 34.6 Å². The van der Waals surface area contributed by atoms with Crippen LogP contribution in [0.3, 0.4) is 0 Å². The molecule has 0 saturated carbocycles. The predicted molar refractivity (Wildman–Crippen MR) is 66.2 cm³/mol. The molecule has 0 heterocycles. The van der Waals surface area contributed by atoms with E-state index in [0.717, 1.165) is 12.1 Å². The van der Waals surface area contributed by atoms with E-state index in [1.807, 2.05) is 0 Å². The molecular weight excluding hydrogens is 259 g/mol. The molecule has 1 rings (SSSR count). The summed E-state index contributed by atoms with van der Waals surface area (Å²) in [7, 11) is 0. The fourth-order valence-corrected chi connectivity index (χ4v) is 1.84. The maximum Gasteiger partial charge on any atom is 0.316 e. The summed E-state index contributed by atoms with van der Waals surface area (Å²) in [5, 5.41) is 0.00254. The number of carbonyl (C=O) groups is 2. The number of halogens is 2. The first-order valence-electron chi connectivity index (χ1n) is 5.67. The lowest BCUT2D eigenvalue weighted by molar-refractivity contribution is -0.146. The zero-order valence-corrected chi connectivity index (χ0v) is 11.0. The zero-order chi connectivity index (χ0) is 13.7. The molecule has 18 heavy (non-hydrogen) atoms. The largest absolute Gasteiger partial charge is 0.465 e. The Hall–Kier alpha value is -1.42. The van der Waals surface area contributed by atoms with Crippen LogP contribution >= 0.6 is 11.6 Å². The van der Waals surface area contributed by atoms with Crippen LogP contribution in [0.25, 0.3) is 0 Å². The minimum atomic E-state index is -0.895. The predicted octanol–water partition coefficient (Wildman–Crippen LogP) is 3.25. The molecule has 0 spiro atoms. The van der Waals surface area contributed by atoms with Gasteiger partial charge in [-0.15, -0.1) is 0 Å². The average molecular weight is 273 g/mol. The Morgan fingerprint density at radius 3 is 2.56 bits per heavy atom. The lowest BCUT2D eigenvalue weighted by atomic mass is 9.95. The molecule has 0 N–H and O–H groups in total. The number of esters is 1. The maximum atomic E-state index is 12.9. The highest BCUT2D eigenvalue weighted by Crippen LogP contribution is 2.22. The van der Waals surface area contributed by atoms with Crippen molar-refractivity contribution in [1.82, 2.24) is 0 Å². The second kappa shape index (κ2) is 6.50. The second-order valence-electron chi connectivity index (χ2n) is 3.70. The lowest BCUT2D eigenvalue weighted by Crippen LogP contribution is -2.26. The van der Waals surface area contributed by atoms with Crippen LogP contribution in [-0.2, 0) is 9.53 Å². The van der Waals surface area contributed by atoms with E-state index in [1.165, 1.54) is 6.07 Å². The van der Waals surface area contributed by atoms with Gasteiger partial charge in [0.1, 0.15) is 11.7 Å². The van der Waals surface area contributed by atoms with Gasteiger partial charge in [-0.25, -0.2) is 4.39 Å². The summed E-state index contributed by atoms with van der Waals surface area (Å²) in [6.07, 6.45) is 0.311. The summed E-state index contributed by atoms with van der Waals surface area (Å²) >= 11 is 5.79. The number of ether oxygens (including phenoxy) is 1. The highest BCUT2D eigenvalue weighted by molar-refractivity contribution is 6.34. The van der Waals surface area contributed by atoms with Crippen molar-refractivity contribution >= 4 is 23.4 Å². The van der Waals surface area contributed by atoms with Crippen LogP contribution in [0.2, 0.25) is 5.02 Å². The average Bonchev–Trinajstić information content (AvgIpc) is 2.29. The molecule has 0 aliphatic rings. The number of hydrogen-bond donors (Lipinski definition) is 0. The fourth-order valence-electron chi connectivity index (χ4n) is 1.58. The van der Waals surface area contributed by atoms with Crippen molar-refractivity contribution in [1.29, 1.82) is 0 Å². The molecule has 1 atom stereocenters. The van der Waals surface area contributed by atoms with Crippen molar-refractivity contribution < 1.29 is 18.7 Å². The maximum absolute atomic E-state index is 12.9. The van der Waals surface area contributed by atoms with Crippen LogP contribution in [-0.4, -0.2) is 18.4 Å². The topological polar surface area (TPSA) is 43.4 Å². The first-order valence-corrected chi connectivity index (χ1v) is 6.04. The third-order valence-electron chi connectivity index (χ3n) is 2.49. The summed E-state index contributed by atoms with van der Waals surface area (Å²) < 4.78 is 17.7. The Balaban J connectivity index is 3.00. The quantitative estimate of drug-likeness (QED) is 0.469. The number of rotatable bonds is 5. The normalized spacial score (nSPS) is 12.0. The van der Waals surface area contributed by atoms with Crippen molar-refractivity contribution in [2.24, 2.45) is 5.92 Å². The third-order valence-corrected chi connectivity index (χ3v) is 2.81. The Morgan fingerprint density at radius 1 is 1.39 bits per heavy atom. The Kier molecular flexibility index (Phi) is 5.28. The van der Waals surface area contributed by atoms with Crippen molar-refractivity contribution in [3.8, 4) is 0 Å². The van der Waals surface area contributed by atoms with Gasteiger partial charge in [-0.3, -0.25) is 9.59 Å². The van der Waals surface area contributed by atoms with Gasteiger partial charge in [0.25, 0.3) is 0 Å². The SMILES string of the molecule is CCOC(=O)[C@@H](CC)C(=O)c1ccc(F)cc1Cl. The van der Waals surface area contributed by atoms with E-state index >= 15 is 0 Å². The van der Waals surface area contributed by atoms with Gasteiger partial charge < -0.3 is 4.74 Å². The van der Waals surface area contributed by atoms with Crippen molar-refractivity contribution in [2.45, 2.75) is 20.3 Å². The Labute approximate surface area is 110 Å². The Bertz CT molecular complexity index is 460. The van der Waals surface area contributed by atoms with E-state index in [-0.39, 0.29) is 17.2 Å². The van der Waals surface area contributed by atoms with E-state index in [2.05, 4.69) is 0 Å². The Morgan fingerprint density at radius 2 is 2.06 bits per heavy atom. The van der Waals surface area contributed by atoms with Crippen LogP contribution in [0.15, 0.2) is 18.2 Å². The zero-order valence-electron chi connectivity index (χ0n) is 10.2. The van der Waals surface area contributed by atoms with Gasteiger partial charge in [0.05, 0.1) is 11.6 Å². The summed E-state index contributed by atoms with van der Waals surface area (Å²) in [6, 6.07) is 3.46. The number of benzene rings is 1. The lowest BCUT2D eigenvalue weighted by Gasteiger charge is -2.13. The van der Waals surface area contributed by atoms with Crippen molar-refractivity contribution in [3.63, 3.8) is 0 Å². The molecule has 0 aliphatic carbocycles. The van der Waals surface area contributed by atoms with Gasteiger partial charge >= 0.3 is 5.97 Å². The van der Waals surface area contributed by atoms with Crippen LogP contribution in [0.1, 0.15) is 30.6 Å². The molecule has 1 aromatic carbocycles. The summed E-state index contributed by atoms with van der Waals surface area (Å²) in [5.41, 5.74) is 0.137.